The number of hydrogen-bond donors (Lipinski definition) is 1. The largest absolute Gasteiger partial charge is 0.497 e. The lowest BCUT2D eigenvalue weighted by Crippen LogP contribution is -2.14. The highest BCUT2D eigenvalue weighted by molar-refractivity contribution is 9.10. The molecule has 0 saturated heterocycles. The molecule has 0 saturated carbocycles. The van der Waals surface area contributed by atoms with E-state index in [2.05, 4.69) is 26.2 Å². The summed E-state index contributed by atoms with van der Waals surface area (Å²) in [6, 6.07) is 8.94. The van der Waals surface area contributed by atoms with Gasteiger partial charge in [0.1, 0.15) is 11.6 Å². The normalized spacial score (nSPS) is 10.1. The number of amides is 1. The van der Waals surface area contributed by atoms with Crippen LogP contribution in [0.2, 0.25) is 0 Å². The van der Waals surface area contributed by atoms with Crippen LogP contribution in [0.15, 0.2) is 41.0 Å². The first-order valence-corrected chi connectivity index (χ1v) is 6.47. The first-order chi connectivity index (χ1) is 9.10. The summed E-state index contributed by atoms with van der Waals surface area (Å²) in [7, 11) is 1.57. The third kappa shape index (κ3) is 3.32. The van der Waals surface area contributed by atoms with Crippen molar-refractivity contribution in [2.45, 2.75) is 6.92 Å². The number of aromatic nitrogens is 1. The number of pyridine rings is 1. The van der Waals surface area contributed by atoms with Crippen LogP contribution in [0.4, 0.5) is 5.82 Å². The summed E-state index contributed by atoms with van der Waals surface area (Å²) in [5, 5.41) is 2.75. The lowest BCUT2D eigenvalue weighted by Gasteiger charge is -2.09. The van der Waals surface area contributed by atoms with Gasteiger partial charge in [0.2, 0.25) is 0 Å². The Morgan fingerprint density at radius 1 is 1.32 bits per heavy atom. The maximum atomic E-state index is 12.2. The van der Waals surface area contributed by atoms with Crippen molar-refractivity contribution in [3.05, 3.63) is 52.1 Å². The molecule has 0 spiro atoms. The van der Waals surface area contributed by atoms with Gasteiger partial charge in [-0.25, -0.2) is 4.98 Å². The van der Waals surface area contributed by atoms with Crippen LogP contribution < -0.4 is 10.1 Å². The number of nitrogens with one attached hydrogen (secondary N) is 1. The lowest BCUT2D eigenvalue weighted by molar-refractivity contribution is 0.102. The number of carbonyl (C=O) groups is 1. The van der Waals surface area contributed by atoms with Gasteiger partial charge in [0.25, 0.3) is 5.91 Å². The van der Waals surface area contributed by atoms with Crippen molar-refractivity contribution in [1.29, 1.82) is 0 Å². The summed E-state index contributed by atoms with van der Waals surface area (Å²) in [6.07, 6.45) is 1.63. The van der Waals surface area contributed by atoms with Crippen LogP contribution in [0.1, 0.15) is 15.9 Å². The maximum absolute atomic E-state index is 12.2. The molecule has 1 N–H and O–H groups in total. The SMILES string of the molecule is COc1ccc(C)c(C(=O)Nc2ccc(Br)cn2)c1. The van der Waals surface area contributed by atoms with Crippen LogP contribution in [-0.2, 0) is 0 Å². The molecule has 0 radical (unpaired) electrons. The molecule has 0 aliphatic carbocycles. The zero-order valence-electron chi connectivity index (χ0n) is 10.6. The molecule has 1 amide bonds. The number of aryl methyl sites for hydroxylation is 1. The van der Waals surface area contributed by atoms with E-state index in [9.17, 15) is 4.79 Å². The maximum Gasteiger partial charge on any atom is 0.257 e. The van der Waals surface area contributed by atoms with Crippen molar-refractivity contribution in [1.82, 2.24) is 4.98 Å². The Balaban J connectivity index is 2.22. The molecule has 1 heterocycles. The van der Waals surface area contributed by atoms with E-state index in [0.717, 1.165) is 10.0 Å². The van der Waals surface area contributed by atoms with Gasteiger partial charge < -0.3 is 10.1 Å². The van der Waals surface area contributed by atoms with E-state index in [-0.39, 0.29) is 5.91 Å². The van der Waals surface area contributed by atoms with Gasteiger partial charge >= 0.3 is 0 Å². The molecule has 1 aromatic heterocycles. The Hall–Kier alpha value is -1.88. The summed E-state index contributed by atoms with van der Waals surface area (Å²) in [5.41, 5.74) is 1.46. The minimum Gasteiger partial charge on any atom is -0.497 e. The standard InChI is InChI=1S/C14H13BrN2O2/c1-9-3-5-11(19-2)7-12(9)14(18)17-13-6-4-10(15)8-16-13/h3-8H,1-2H3,(H,16,17,18). The Labute approximate surface area is 119 Å². The van der Waals surface area contributed by atoms with Crippen LogP contribution in [0.25, 0.3) is 0 Å². The smallest absolute Gasteiger partial charge is 0.257 e. The van der Waals surface area contributed by atoms with E-state index >= 15 is 0 Å². The Kier molecular flexibility index (Phi) is 4.16. The van der Waals surface area contributed by atoms with Crippen molar-refractivity contribution in [3.63, 3.8) is 0 Å². The number of benzene rings is 1. The predicted molar refractivity (Wildman–Crippen MR) is 77.6 cm³/mol. The van der Waals surface area contributed by atoms with E-state index in [1.54, 1.807) is 25.4 Å². The molecule has 0 fully saturated rings. The molecule has 0 aliphatic heterocycles. The van der Waals surface area contributed by atoms with Crippen molar-refractivity contribution in [2.75, 3.05) is 12.4 Å². The van der Waals surface area contributed by atoms with E-state index < -0.39 is 0 Å². The highest BCUT2D eigenvalue weighted by Gasteiger charge is 2.11. The fraction of sp³-hybridized carbons (Fsp3) is 0.143. The Bertz CT molecular complexity index is 597. The van der Waals surface area contributed by atoms with Crippen molar-refractivity contribution >= 4 is 27.7 Å². The summed E-state index contributed by atoms with van der Waals surface area (Å²) in [6.45, 7) is 1.88. The second kappa shape index (κ2) is 5.84. The van der Waals surface area contributed by atoms with Gasteiger partial charge in [0.15, 0.2) is 0 Å². The third-order valence-corrected chi connectivity index (χ3v) is 3.13. The van der Waals surface area contributed by atoms with E-state index in [1.165, 1.54) is 0 Å². The molecule has 0 atom stereocenters. The number of ether oxygens (including phenoxy) is 1. The van der Waals surface area contributed by atoms with Gasteiger partial charge in [-0.15, -0.1) is 0 Å². The average molecular weight is 321 g/mol. The molecule has 0 unspecified atom stereocenters. The quantitative estimate of drug-likeness (QED) is 0.942. The molecule has 2 rings (SSSR count). The summed E-state index contributed by atoms with van der Waals surface area (Å²) in [4.78, 5) is 16.3. The number of carbonyl (C=O) groups excluding carboxylic acids is 1. The molecular formula is C14H13BrN2O2. The van der Waals surface area contributed by atoms with E-state index in [4.69, 9.17) is 4.74 Å². The second-order valence-corrected chi connectivity index (χ2v) is 4.91. The molecule has 0 bridgehead atoms. The highest BCUT2D eigenvalue weighted by Crippen LogP contribution is 2.18. The third-order valence-electron chi connectivity index (χ3n) is 2.66. The van der Waals surface area contributed by atoms with Gasteiger partial charge in [-0.2, -0.15) is 0 Å². The molecule has 0 aliphatic rings. The van der Waals surface area contributed by atoms with Gasteiger partial charge in [-0.3, -0.25) is 4.79 Å². The van der Waals surface area contributed by atoms with Crippen LogP contribution in [0.3, 0.4) is 0 Å². The number of nitrogens with zero attached hydrogens (tertiary/aromatic N) is 1. The van der Waals surface area contributed by atoms with Gasteiger partial charge in [0, 0.05) is 16.2 Å². The molecule has 2 aromatic rings. The topological polar surface area (TPSA) is 51.2 Å². The molecule has 19 heavy (non-hydrogen) atoms. The van der Waals surface area contributed by atoms with Crippen molar-refractivity contribution < 1.29 is 9.53 Å². The number of methoxy groups -OCH3 is 1. The molecule has 4 nitrogen and oxygen atoms in total. The second-order valence-electron chi connectivity index (χ2n) is 4.00. The lowest BCUT2D eigenvalue weighted by atomic mass is 10.1. The van der Waals surface area contributed by atoms with Crippen molar-refractivity contribution in [3.8, 4) is 5.75 Å². The fourth-order valence-corrected chi connectivity index (χ4v) is 1.84. The van der Waals surface area contributed by atoms with E-state index in [0.29, 0.717) is 17.1 Å². The summed E-state index contributed by atoms with van der Waals surface area (Å²) >= 11 is 3.30. The number of rotatable bonds is 3. The van der Waals surface area contributed by atoms with Crippen LogP contribution in [0, 0.1) is 6.92 Å². The number of hydrogen-bond acceptors (Lipinski definition) is 3. The van der Waals surface area contributed by atoms with E-state index in [1.807, 2.05) is 25.1 Å². The fourth-order valence-electron chi connectivity index (χ4n) is 1.61. The minimum atomic E-state index is -0.203. The first kappa shape index (κ1) is 13.5. The highest BCUT2D eigenvalue weighted by atomic mass is 79.9. The average Bonchev–Trinajstić information content (AvgIpc) is 2.42. The Morgan fingerprint density at radius 2 is 2.11 bits per heavy atom. The zero-order chi connectivity index (χ0) is 13.8. The minimum absolute atomic E-state index is 0.203. The van der Waals surface area contributed by atoms with Crippen LogP contribution >= 0.6 is 15.9 Å². The monoisotopic (exact) mass is 320 g/mol. The van der Waals surface area contributed by atoms with Gasteiger partial charge in [0.05, 0.1) is 7.11 Å². The summed E-state index contributed by atoms with van der Waals surface area (Å²) in [5.74, 6) is 0.959. The molecular weight excluding hydrogens is 308 g/mol. The summed E-state index contributed by atoms with van der Waals surface area (Å²) < 4.78 is 5.99. The number of anilines is 1. The zero-order valence-corrected chi connectivity index (χ0v) is 12.2. The van der Waals surface area contributed by atoms with Crippen LogP contribution in [-0.4, -0.2) is 18.0 Å². The molecule has 5 heteroatoms. The first-order valence-electron chi connectivity index (χ1n) is 5.67. The van der Waals surface area contributed by atoms with Crippen LogP contribution in [0.5, 0.6) is 5.75 Å². The van der Waals surface area contributed by atoms with Gasteiger partial charge in [-0.1, -0.05) is 6.07 Å². The predicted octanol–water partition coefficient (Wildman–Crippen LogP) is 3.41. The molecule has 1 aromatic carbocycles. The van der Waals surface area contributed by atoms with Gasteiger partial charge in [-0.05, 0) is 52.7 Å². The number of halogens is 1. The molecule has 98 valence electrons. The Morgan fingerprint density at radius 3 is 2.74 bits per heavy atom. The van der Waals surface area contributed by atoms with Crippen molar-refractivity contribution in [2.24, 2.45) is 0 Å².